The van der Waals surface area contributed by atoms with Crippen LogP contribution in [0.4, 0.5) is 5.95 Å². The second kappa shape index (κ2) is 5.72. The largest absolute Gasteiger partial charge is 0.390 e. The standard InChI is InChI=1S/C13H18N6O4/c1-18(2)4-7(21)10-6(20)3-8(23-10)19-5-15-9-11(19)16-13(14)17-12(9)22/h5-6,8,10,20H,3-4H2,1-2H3,(H3,14,16,17,22)/t6-,8+,10-/m0/s1. The Balaban J connectivity index is 1.89. The van der Waals surface area contributed by atoms with Crippen LogP contribution < -0.4 is 11.3 Å². The number of aliphatic hydroxyl groups excluding tert-OH is 1. The molecule has 1 saturated heterocycles. The quantitative estimate of drug-likeness (QED) is 0.617. The van der Waals surface area contributed by atoms with Gasteiger partial charge in [0.15, 0.2) is 16.9 Å². The fourth-order valence-electron chi connectivity index (χ4n) is 2.67. The lowest BCUT2D eigenvalue weighted by Crippen LogP contribution is -2.37. The van der Waals surface area contributed by atoms with Gasteiger partial charge in [-0.2, -0.15) is 4.98 Å². The Labute approximate surface area is 130 Å². The van der Waals surface area contributed by atoms with E-state index in [1.165, 1.54) is 10.9 Å². The first kappa shape index (κ1) is 15.6. The zero-order chi connectivity index (χ0) is 16.7. The first-order chi connectivity index (χ1) is 10.9. The molecule has 10 heteroatoms. The van der Waals surface area contributed by atoms with Crippen LogP contribution >= 0.6 is 0 Å². The number of hydrogen-bond acceptors (Lipinski definition) is 8. The number of likely N-dealkylation sites (N-methyl/N-ethyl adjacent to an activating group) is 1. The number of hydrogen-bond donors (Lipinski definition) is 3. The number of anilines is 1. The Morgan fingerprint density at radius 1 is 1.61 bits per heavy atom. The molecule has 0 amide bonds. The third-order valence-electron chi connectivity index (χ3n) is 3.65. The summed E-state index contributed by atoms with van der Waals surface area (Å²) in [5.41, 5.74) is 5.48. The summed E-state index contributed by atoms with van der Waals surface area (Å²) < 4.78 is 7.18. The van der Waals surface area contributed by atoms with Gasteiger partial charge in [-0.1, -0.05) is 0 Å². The lowest BCUT2D eigenvalue weighted by atomic mass is 10.1. The molecule has 0 spiro atoms. The number of nitrogens with two attached hydrogens (primary N) is 1. The Morgan fingerprint density at radius 2 is 2.35 bits per heavy atom. The predicted octanol–water partition coefficient (Wildman–Crippen LogP) is -1.52. The first-order valence-electron chi connectivity index (χ1n) is 7.10. The van der Waals surface area contributed by atoms with Crippen LogP contribution in [0.1, 0.15) is 12.6 Å². The summed E-state index contributed by atoms with van der Waals surface area (Å²) in [5, 5.41) is 10.1. The molecule has 2 aromatic rings. The molecule has 1 fully saturated rings. The number of fused-ring (bicyclic) bond motifs is 1. The van der Waals surface area contributed by atoms with Crippen molar-refractivity contribution in [3.05, 3.63) is 16.7 Å². The second-order valence-corrected chi connectivity index (χ2v) is 5.79. The van der Waals surface area contributed by atoms with Crippen LogP contribution in [0.2, 0.25) is 0 Å². The van der Waals surface area contributed by atoms with Crippen LogP contribution in [0.3, 0.4) is 0 Å². The van der Waals surface area contributed by atoms with E-state index in [2.05, 4.69) is 15.0 Å². The zero-order valence-corrected chi connectivity index (χ0v) is 12.8. The maximum Gasteiger partial charge on any atom is 0.280 e. The first-order valence-corrected chi connectivity index (χ1v) is 7.10. The number of nitrogen functional groups attached to an aromatic ring is 1. The van der Waals surface area contributed by atoms with Crippen LogP contribution in [-0.4, -0.2) is 68.2 Å². The molecule has 0 aromatic carbocycles. The van der Waals surface area contributed by atoms with Gasteiger partial charge in [0.2, 0.25) is 5.95 Å². The van der Waals surface area contributed by atoms with E-state index in [0.29, 0.717) is 0 Å². The second-order valence-electron chi connectivity index (χ2n) is 5.79. The smallest absolute Gasteiger partial charge is 0.280 e. The molecule has 0 unspecified atom stereocenters. The van der Waals surface area contributed by atoms with Gasteiger partial charge in [0, 0.05) is 6.42 Å². The summed E-state index contributed by atoms with van der Waals surface area (Å²) in [4.78, 5) is 36.0. The molecule has 4 N–H and O–H groups in total. The molecule has 23 heavy (non-hydrogen) atoms. The highest BCUT2D eigenvalue weighted by Gasteiger charge is 2.40. The number of carbonyl (C=O) groups excluding carboxylic acids is 1. The third kappa shape index (κ3) is 2.83. The number of rotatable bonds is 4. The van der Waals surface area contributed by atoms with E-state index < -0.39 is 24.0 Å². The van der Waals surface area contributed by atoms with Gasteiger partial charge in [0.25, 0.3) is 5.56 Å². The van der Waals surface area contributed by atoms with E-state index in [0.717, 1.165) is 0 Å². The number of ketones is 1. The SMILES string of the molecule is CN(C)CC(=O)[C@H]1O[C@@H](n2cnc3c(=O)[nH]c(N)nc32)C[C@@H]1O. The summed E-state index contributed by atoms with van der Waals surface area (Å²) in [7, 11) is 3.53. The molecule has 0 bridgehead atoms. The molecular weight excluding hydrogens is 304 g/mol. The summed E-state index contributed by atoms with van der Waals surface area (Å²) in [6, 6.07) is 0. The van der Waals surface area contributed by atoms with Crippen molar-refractivity contribution in [2.45, 2.75) is 24.9 Å². The molecule has 0 aliphatic carbocycles. The van der Waals surface area contributed by atoms with E-state index in [1.807, 2.05) is 0 Å². The van der Waals surface area contributed by atoms with Crippen LogP contribution in [0.15, 0.2) is 11.1 Å². The fraction of sp³-hybridized carbons (Fsp3) is 0.538. The lowest BCUT2D eigenvalue weighted by Gasteiger charge is -2.16. The molecule has 3 heterocycles. The summed E-state index contributed by atoms with van der Waals surface area (Å²) in [6.45, 7) is 0.171. The molecule has 124 valence electrons. The summed E-state index contributed by atoms with van der Waals surface area (Å²) >= 11 is 0. The molecule has 0 radical (unpaired) electrons. The van der Waals surface area contributed by atoms with Gasteiger partial charge >= 0.3 is 0 Å². The van der Waals surface area contributed by atoms with Crippen LogP contribution in [-0.2, 0) is 9.53 Å². The highest BCUT2D eigenvalue weighted by Crippen LogP contribution is 2.30. The number of aliphatic hydroxyl groups is 1. The number of carbonyl (C=O) groups is 1. The fourth-order valence-corrected chi connectivity index (χ4v) is 2.67. The third-order valence-corrected chi connectivity index (χ3v) is 3.65. The van der Waals surface area contributed by atoms with Crippen molar-refractivity contribution < 1.29 is 14.6 Å². The number of aromatic amines is 1. The maximum absolute atomic E-state index is 12.1. The van der Waals surface area contributed by atoms with Crippen LogP contribution in [0.25, 0.3) is 11.2 Å². The predicted molar refractivity (Wildman–Crippen MR) is 80.7 cm³/mol. The topological polar surface area (TPSA) is 139 Å². The van der Waals surface area contributed by atoms with Crippen molar-refractivity contribution in [3.63, 3.8) is 0 Å². The summed E-state index contributed by atoms with van der Waals surface area (Å²) in [5.74, 6) is -0.247. The highest BCUT2D eigenvalue weighted by atomic mass is 16.5. The number of nitrogens with zero attached hydrogens (tertiary/aromatic N) is 4. The lowest BCUT2D eigenvalue weighted by molar-refractivity contribution is -0.135. The number of nitrogens with one attached hydrogen (secondary N) is 1. The average Bonchev–Trinajstić information content (AvgIpc) is 3.01. The molecule has 1 aliphatic rings. The van der Waals surface area contributed by atoms with Crippen molar-refractivity contribution >= 4 is 22.9 Å². The van der Waals surface area contributed by atoms with Crippen LogP contribution in [0, 0.1) is 0 Å². The van der Waals surface area contributed by atoms with Crippen molar-refractivity contribution in [1.82, 2.24) is 24.4 Å². The Morgan fingerprint density at radius 3 is 3.04 bits per heavy atom. The van der Waals surface area contributed by atoms with Crippen LogP contribution in [0.5, 0.6) is 0 Å². The zero-order valence-electron chi connectivity index (χ0n) is 12.8. The van der Waals surface area contributed by atoms with Gasteiger partial charge in [-0.3, -0.25) is 19.1 Å². The molecule has 3 atom stereocenters. The van der Waals surface area contributed by atoms with E-state index in [1.54, 1.807) is 19.0 Å². The minimum atomic E-state index is -0.927. The average molecular weight is 322 g/mol. The normalized spacial score (nSPS) is 24.6. The van der Waals surface area contributed by atoms with Crippen molar-refractivity contribution in [2.75, 3.05) is 26.4 Å². The number of aromatic nitrogens is 4. The minimum absolute atomic E-state index is 0.0389. The van der Waals surface area contributed by atoms with E-state index >= 15 is 0 Å². The molecule has 2 aromatic heterocycles. The number of imidazole rings is 1. The van der Waals surface area contributed by atoms with Gasteiger partial charge < -0.3 is 20.5 Å². The molecule has 1 aliphatic heterocycles. The van der Waals surface area contributed by atoms with Crippen molar-refractivity contribution in [2.24, 2.45) is 0 Å². The van der Waals surface area contributed by atoms with E-state index in [-0.39, 0.29) is 35.9 Å². The van der Waals surface area contributed by atoms with Gasteiger partial charge in [-0.25, -0.2) is 4.98 Å². The Bertz CT molecular complexity index is 797. The van der Waals surface area contributed by atoms with Gasteiger partial charge in [0.05, 0.1) is 19.0 Å². The molecule has 3 rings (SSSR count). The summed E-state index contributed by atoms with van der Waals surface area (Å²) in [6.07, 6.45) is -0.894. The monoisotopic (exact) mass is 322 g/mol. The maximum atomic E-state index is 12.1. The van der Waals surface area contributed by atoms with Gasteiger partial charge in [0.1, 0.15) is 12.3 Å². The molecule has 10 nitrogen and oxygen atoms in total. The van der Waals surface area contributed by atoms with Crippen molar-refractivity contribution in [3.8, 4) is 0 Å². The Kier molecular flexibility index (Phi) is 3.88. The number of ether oxygens (including phenoxy) is 1. The van der Waals surface area contributed by atoms with Gasteiger partial charge in [-0.05, 0) is 14.1 Å². The van der Waals surface area contributed by atoms with Crippen molar-refractivity contribution in [1.29, 1.82) is 0 Å². The van der Waals surface area contributed by atoms with E-state index in [4.69, 9.17) is 10.5 Å². The molecular formula is C13H18N6O4. The number of Topliss-reactive ketones (excluding diaryl/α,β-unsaturated/α-hetero) is 1. The van der Waals surface area contributed by atoms with Gasteiger partial charge in [-0.15, -0.1) is 0 Å². The number of H-pyrrole nitrogens is 1. The van der Waals surface area contributed by atoms with E-state index in [9.17, 15) is 14.7 Å². The Hall–Kier alpha value is -2.30. The minimum Gasteiger partial charge on any atom is -0.390 e. The highest BCUT2D eigenvalue weighted by molar-refractivity contribution is 5.85. The molecule has 0 saturated carbocycles.